The summed E-state index contributed by atoms with van der Waals surface area (Å²) in [4.78, 5) is 47.8. The van der Waals surface area contributed by atoms with Crippen LogP contribution in [-0.4, -0.2) is 65.5 Å². The Bertz CT molecular complexity index is 2630. The topological polar surface area (TPSA) is 114 Å². The third-order valence-electron chi connectivity index (χ3n) is 13.2. The van der Waals surface area contributed by atoms with E-state index in [0.717, 1.165) is 33.0 Å². The number of methoxy groups -OCH3 is 1. The van der Waals surface area contributed by atoms with Crippen molar-refractivity contribution in [2.24, 2.45) is 5.92 Å². The van der Waals surface area contributed by atoms with E-state index in [0.29, 0.717) is 41.8 Å². The van der Waals surface area contributed by atoms with Crippen molar-refractivity contribution in [2.75, 3.05) is 18.6 Å². The summed E-state index contributed by atoms with van der Waals surface area (Å²) in [5, 5.41) is 17.6. The average molecular weight is 805 g/mol. The zero-order valence-electron chi connectivity index (χ0n) is 33.7. The molecule has 4 heterocycles. The summed E-state index contributed by atoms with van der Waals surface area (Å²) in [5.74, 6) is 0.0482. The highest BCUT2D eigenvalue weighted by atomic mass is 28.3. The first-order chi connectivity index (χ1) is 28.5. The number of anilines is 1. The van der Waals surface area contributed by atoms with Gasteiger partial charge in [-0.1, -0.05) is 110 Å². The number of hydrogen-bond donors (Lipinski definition) is 1. The van der Waals surface area contributed by atoms with Gasteiger partial charge in [-0.2, -0.15) is 9.78 Å². The van der Waals surface area contributed by atoms with Gasteiger partial charge in [-0.25, -0.2) is 0 Å². The summed E-state index contributed by atoms with van der Waals surface area (Å²) in [5.41, 5.74) is 3.09. The van der Waals surface area contributed by atoms with Crippen molar-refractivity contribution in [3.05, 3.63) is 160 Å². The summed E-state index contributed by atoms with van der Waals surface area (Å²) in [6.45, 7) is 7.23. The molecular formula is C48H48N4O6Si. The highest BCUT2D eigenvalue weighted by Crippen LogP contribution is 2.60. The fraction of sp³-hybridized carbons (Fsp3) is 0.292. The van der Waals surface area contributed by atoms with Gasteiger partial charge in [-0.15, -0.1) is 0 Å². The normalized spacial score (nSPS) is 22.5. The molecule has 5 aromatic carbocycles. The third kappa shape index (κ3) is 6.39. The van der Waals surface area contributed by atoms with E-state index in [9.17, 15) is 14.7 Å². The average Bonchev–Trinajstić information content (AvgIpc) is 3.69. The standard InChI is InChI=1S/C48H48N4O6Si/c1-31-45(59(3,4)39-21-19-38(57-2)20-22-39)43(26-44(54)50-29-35-16-9-8-14-33(35)24-37(50)30-53)58-48(31)41-25-36(52-46(55)40-17-11-10-15-34(40)27-49-52)18-23-42(41)51(47(48)56)28-32-12-6-5-7-13-32/h5-23,25,27,31,37,43,45,53H,24,26,28-30H2,1-4H3/t31-,37+,43+,45-,48+/m1/s1. The van der Waals surface area contributed by atoms with Crippen LogP contribution in [0, 0.1) is 5.92 Å². The second-order valence-electron chi connectivity index (χ2n) is 16.7. The fourth-order valence-corrected chi connectivity index (χ4v) is 14.2. The molecule has 1 fully saturated rings. The molecule has 5 atom stereocenters. The highest BCUT2D eigenvalue weighted by Gasteiger charge is 2.66. The molecular weight excluding hydrogens is 757 g/mol. The van der Waals surface area contributed by atoms with E-state index in [1.807, 2.05) is 97.1 Å². The lowest BCUT2D eigenvalue weighted by Crippen LogP contribution is -2.52. The first kappa shape index (κ1) is 38.6. The summed E-state index contributed by atoms with van der Waals surface area (Å²) < 4.78 is 14.3. The van der Waals surface area contributed by atoms with Gasteiger partial charge in [-0.3, -0.25) is 14.4 Å². The van der Waals surface area contributed by atoms with E-state index < -0.39 is 19.8 Å². The lowest BCUT2D eigenvalue weighted by atomic mass is 9.82. The number of aliphatic hydroxyl groups excluding tert-OH is 1. The first-order valence-electron chi connectivity index (χ1n) is 20.3. The Kier molecular flexibility index (Phi) is 9.85. The van der Waals surface area contributed by atoms with Gasteiger partial charge in [0.15, 0.2) is 5.60 Å². The quantitative estimate of drug-likeness (QED) is 0.166. The highest BCUT2D eigenvalue weighted by molar-refractivity contribution is 6.91. The number of benzene rings is 5. The van der Waals surface area contributed by atoms with Crippen LogP contribution in [0.3, 0.4) is 0 Å². The molecule has 0 saturated carbocycles. The number of rotatable bonds is 9. The van der Waals surface area contributed by atoms with Crippen LogP contribution in [0.25, 0.3) is 16.5 Å². The molecule has 1 N–H and O–H groups in total. The van der Waals surface area contributed by atoms with E-state index in [1.165, 1.54) is 4.68 Å². The fourth-order valence-electron chi connectivity index (χ4n) is 10.2. The Balaban J connectivity index is 1.18. The molecule has 0 unspecified atom stereocenters. The van der Waals surface area contributed by atoms with Gasteiger partial charge in [0, 0.05) is 23.4 Å². The van der Waals surface area contributed by atoms with E-state index in [4.69, 9.17) is 9.47 Å². The Morgan fingerprint density at radius 1 is 0.915 bits per heavy atom. The van der Waals surface area contributed by atoms with Gasteiger partial charge >= 0.3 is 0 Å². The van der Waals surface area contributed by atoms with Gasteiger partial charge < -0.3 is 24.4 Å². The van der Waals surface area contributed by atoms with E-state index in [2.05, 4.69) is 43.3 Å². The lowest BCUT2D eigenvalue weighted by molar-refractivity contribution is -0.151. The van der Waals surface area contributed by atoms with Crippen LogP contribution in [0.2, 0.25) is 18.6 Å². The predicted molar refractivity (Wildman–Crippen MR) is 231 cm³/mol. The van der Waals surface area contributed by atoms with Crippen molar-refractivity contribution in [3.8, 4) is 11.4 Å². The minimum absolute atomic E-state index is 0.0364. The maximum atomic E-state index is 15.5. The lowest BCUT2D eigenvalue weighted by Gasteiger charge is -2.39. The first-order valence-corrected chi connectivity index (χ1v) is 23.4. The molecule has 0 radical (unpaired) electrons. The number of fused-ring (bicyclic) bond motifs is 4. The molecule has 0 aliphatic carbocycles. The van der Waals surface area contributed by atoms with Gasteiger partial charge in [-0.05, 0) is 65.1 Å². The van der Waals surface area contributed by atoms with E-state index in [1.54, 1.807) is 29.2 Å². The zero-order chi connectivity index (χ0) is 41.1. The molecule has 9 rings (SSSR count). The number of aromatic nitrogens is 2. The van der Waals surface area contributed by atoms with Crippen LogP contribution in [0.15, 0.2) is 132 Å². The van der Waals surface area contributed by atoms with Crippen LogP contribution < -0.4 is 20.4 Å². The Labute approximate surface area is 344 Å². The Morgan fingerprint density at radius 3 is 2.37 bits per heavy atom. The number of ether oxygens (including phenoxy) is 2. The van der Waals surface area contributed by atoms with Gasteiger partial charge in [0.1, 0.15) is 5.75 Å². The van der Waals surface area contributed by atoms with Crippen LogP contribution in [-0.2, 0) is 39.4 Å². The monoisotopic (exact) mass is 804 g/mol. The van der Waals surface area contributed by atoms with Crippen LogP contribution >= 0.6 is 0 Å². The molecule has 1 saturated heterocycles. The van der Waals surface area contributed by atoms with Crippen LogP contribution in [0.5, 0.6) is 5.75 Å². The summed E-state index contributed by atoms with van der Waals surface area (Å²) >= 11 is 0. The Morgan fingerprint density at radius 2 is 1.63 bits per heavy atom. The predicted octanol–water partition coefficient (Wildman–Crippen LogP) is 6.49. The number of carbonyl (C=O) groups is 2. The van der Waals surface area contributed by atoms with Crippen molar-refractivity contribution in [2.45, 2.75) is 69.2 Å². The number of amides is 2. The van der Waals surface area contributed by atoms with E-state index in [-0.39, 0.29) is 47.9 Å². The molecule has 3 aliphatic rings. The molecule has 6 aromatic rings. The van der Waals surface area contributed by atoms with Crippen molar-refractivity contribution < 1.29 is 24.2 Å². The second-order valence-corrected chi connectivity index (χ2v) is 21.4. The zero-order valence-corrected chi connectivity index (χ0v) is 34.7. The minimum atomic E-state index is -2.60. The molecule has 1 spiro atoms. The molecule has 3 aliphatic heterocycles. The van der Waals surface area contributed by atoms with Crippen LogP contribution in [0.4, 0.5) is 5.69 Å². The second kappa shape index (κ2) is 15.1. The molecule has 300 valence electrons. The molecule has 10 nitrogen and oxygen atoms in total. The SMILES string of the molecule is COc1ccc([Si](C)(C)[C@H]2[C@H](CC(=O)N3Cc4ccccc4C[C@H]3CO)O[C@@]3(C(=O)N(Cc4ccccc4)c4ccc(-n5ncc6ccccc6c5=O)cc43)[C@@H]2C)cc1. The molecule has 1 aromatic heterocycles. The third-order valence-corrected chi connectivity index (χ3v) is 17.6. The van der Waals surface area contributed by atoms with Crippen molar-refractivity contribution in [1.29, 1.82) is 0 Å². The molecule has 11 heteroatoms. The van der Waals surface area contributed by atoms with Crippen molar-refractivity contribution in [3.63, 3.8) is 0 Å². The largest absolute Gasteiger partial charge is 0.497 e. The summed E-state index contributed by atoms with van der Waals surface area (Å²) in [6, 6.07) is 38.7. The van der Waals surface area contributed by atoms with Gasteiger partial charge in [0.25, 0.3) is 11.5 Å². The van der Waals surface area contributed by atoms with Gasteiger partial charge in [0.2, 0.25) is 5.91 Å². The number of carbonyl (C=O) groups excluding carboxylic acids is 2. The smallest absolute Gasteiger partial charge is 0.279 e. The molecule has 0 bridgehead atoms. The number of nitrogens with zero attached hydrogens (tertiary/aromatic N) is 4. The van der Waals surface area contributed by atoms with Crippen molar-refractivity contribution in [1.82, 2.24) is 14.7 Å². The van der Waals surface area contributed by atoms with Crippen LogP contribution in [0.1, 0.15) is 35.6 Å². The number of hydrogen-bond acceptors (Lipinski definition) is 7. The Hall–Kier alpha value is -5.88. The minimum Gasteiger partial charge on any atom is -0.497 e. The maximum absolute atomic E-state index is 15.5. The number of aliphatic hydroxyl groups is 1. The molecule has 59 heavy (non-hydrogen) atoms. The molecule has 2 amide bonds. The maximum Gasteiger partial charge on any atom is 0.279 e. The van der Waals surface area contributed by atoms with Gasteiger partial charge in [0.05, 0.1) is 69.9 Å². The summed E-state index contributed by atoms with van der Waals surface area (Å²) in [6.07, 6.45) is 1.64. The van der Waals surface area contributed by atoms with Crippen molar-refractivity contribution >= 4 is 41.5 Å². The summed E-state index contributed by atoms with van der Waals surface area (Å²) in [7, 11) is -0.957. The van der Waals surface area contributed by atoms with E-state index >= 15 is 4.79 Å².